The first-order valence-electron chi connectivity index (χ1n) is 7.22. The monoisotopic (exact) mass is 279 g/mol. The van der Waals surface area contributed by atoms with Crippen LogP contribution in [0.4, 0.5) is 11.8 Å². The first-order valence-corrected chi connectivity index (χ1v) is 7.22. The van der Waals surface area contributed by atoms with E-state index in [4.69, 9.17) is 10.5 Å². The first-order chi connectivity index (χ1) is 9.60. The Labute approximate surface area is 120 Å². The number of likely N-dealkylation sites (N-methyl/N-ethyl adjacent to an activating group) is 2. The molecule has 6 nitrogen and oxygen atoms in total. The third kappa shape index (κ3) is 3.80. The van der Waals surface area contributed by atoms with Gasteiger partial charge >= 0.3 is 0 Å². The molecule has 6 heteroatoms. The molecule has 0 bridgehead atoms. The van der Waals surface area contributed by atoms with Crippen molar-refractivity contribution in [3.63, 3.8) is 0 Å². The summed E-state index contributed by atoms with van der Waals surface area (Å²) in [5.41, 5.74) is 6.88. The van der Waals surface area contributed by atoms with E-state index in [9.17, 15) is 0 Å². The van der Waals surface area contributed by atoms with Gasteiger partial charge < -0.3 is 20.3 Å². The number of nitrogens with zero attached hydrogens (tertiary/aromatic N) is 4. The zero-order valence-corrected chi connectivity index (χ0v) is 12.7. The summed E-state index contributed by atoms with van der Waals surface area (Å²) in [6, 6.07) is 2.06. The number of anilines is 2. The average Bonchev–Trinajstić information content (AvgIpc) is 2.92. The SMILES string of the molecule is CCN(CCN(C)C)c1cc([C@@H]2CCOC2)nc(N)n1. The van der Waals surface area contributed by atoms with Crippen molar-refractivity contribution in [1.29, 1.82) is 0 Å². The lowest BCUT2D eigenvalue weighted by Gasteiger charge is -2.24. The molecule has 20 heavy (non-hydrogen) atoms. The molecule has 1 aromatic heterocycles. The van der Waals surface area contributed by atoms with Crippen molar-refractivity contribution in [2.24, 2.45) is 0 Å². The maximum Gasteiger partial charge on any atom is 0.222 e. The second kappa shape index (κ2) is 6.85. The molecule has 0 spiro atoms. The van der Waals surface area contributed by atoms with Crippen molar-refractivity contribution in [2.75, 3.05) is 57.6 Å². The number of aromatic nitrogens is 2. The minimum atomic E-state index is 0.353. The van der Waals surface area contributed by atoms with Gasteiger partial charge in [0.05, 0.1) is 12.3 Å². The van der Waals surface area contributed by atoms with E-state index in [1.54, 1.807) is 0 Å². The van der Waals surface area contributed by atoms with Gasteiger partial charge in [0.1, 0.15) is 5.82 Å². The average molecular weight is 279 g/mol. The van der Waals surface area contributed by atoms with Crippen molar-refractivity contribution in [3.05, 3.63) is 11.8 Å². The van der Waals surface area contributed by atoms with Crippen LogP contribution < -0.4 is 10.6 Å². The predicted molar refractivity (Wildman–Crippen MR) is 81.1 cm³/mol. The van der Waals surface area contributed by atoms with E-state index in [0.717, 1.165) is 50.8 Å². The van der Waals surface area contributed by atoms with Crippen LogP contribution in [0.5, 0.6) is 0 Å². The number of nitrogens with two attached hydrogens (primary N) is 1. The van der Waals surface area contributed by atoms with E-state index >= 15 is 0 Å². The van der Waals surface area contributed by atoms with Crippen molar-refractivity contribution in [1.82, 2.24) is 14.9 Å². The van der Waals surface area contributed by atoms with Gasteiger partial charge in [-0.25, -0.2) is 4.98 Å². The summed E-state index contributed by atoms with van der Waals surface area (Å²) in [7, 11) is 4.15. The summed E-state index contributed by atoms with van der Waals surface area (Å²) in [5.74, 6) is 1.63. The fourth-order valence-corrected chi connectivity index (χ4v) is 2.37. The highest BCUT2D eigenvalue weighted by molar-refractivity contribution is 5.44. The molecule has 1 atom stereocenters. The topological polar surface area (TPSA) is 67.5 Å². The highest BCUT2D eigenvalue weighted by Gasteiger charge is 2.21. The zero-order valence-electron chi connectivity index (χ0n) is 12.7. The van der Waals surface area contributed by atoms with Crippen molar-refractivity contribution >= 4 is 11.8 Å². The van der Waals surface area contributed by atoms with Gasteiger partial charge in [-0.1, -0.05) is 0 Å². The number of rotatable bonds is 6. The van der Waals surface area contributed by atoms with E-state index < -0.39 is 0 Å². The lowest BCUT2D eigenvalue weighted by Crippen LogP contribution is -2.32. The Bertz CT molecular complexity index is 432. The Hall–Kier alpha value is -1.40. The standard InChI is InChI=1S/C14H25N5O/c1-4-19(7-6-18(2)3)13-9-12(16-14(15)17-13)11-5-8-20-10-11/h9,11H,4-8,10H2,1-3H3,(H2,15,16,17)/t11-/m1/s1. The Morgan fingerprint density at radius 1 is 1.35 bits per heavy atom. The Balaban J connectivity index is 2.16. The first kappa shape index (κ1) is 15.0. The molecule has 1 aromatic rings. The van der Waals surface area contributed by atoms with Crippen LogP contribution in [0.2, 0.25) is 0 Å². The van der Waals surface area contributed by atoms with Gasteiger partial charge in [-0.15, -0.1) is 0 Å². The number of hydrogen-bond acceptors (Lipinski definition) is 6. The summed E-state index contributed by atoms with van der Waals surface area (Å²) in [5, 5.41) is 0. The largest absolute Gasteiger partial charge is 0.381 e. The molecule has 0 saturated carbocycles. The second-order valence-corrected chi connectivity index (χ2v) is 5.45. The van der Waals surface area contributed by atoms with E-state index in [0.29, 0.717) is 11.9 Å². The van der Waals surface area contributed by atoms with Crippen molar-refractivity contribution in [3.8, 4) is 0 Å². The fraction of sp³-hybridized carbons (Fsp3) is 0.714. The van der Waals surface area contributed by atoms with Gasteiger partial charge in [-0.3, -0.25) is 0 Å². The lowest BCUT2D eigenvalue weighted by atomic mass is 10.0. The summed E-state index contributed by atoms with van der Waals surface area (Å²) in [4.78, 5) is 13.2. The third-order valence-corrected chi connectivity index (χ3v) is 3.62. The van der Waals surface area contributed by atoms with Crippen LogP contribution in [0.15, 0.2) is 6.07 Å². The van der Waals surface area contributed by atoms with Crippen LogP contribution in [0.1, 0.15) is 25.0 Å². The number of hydrogen-bond donors (Lipinski definition) is 1. The quantitative estimate of drug-likeness (QED) is 0.836. The maximum absolute atomic E-state index is 5.88. The van der Waals surface area contributed by atoms with E-state index in [1.165, 1.54) is 0 Å². The molecule has 1 aliphatic rings. The number of ether oxygens (including phenoxy) is 1. The van der Waals surface area contributed by atoms with Gasteiger partial charge in [0.2, 0.25) is 5.95 Å². The minimum Gasteiger partial charge on any atom is -0.381 e. The predicted octanol–water partition coefficient (Wildman–Crippen LogP) is 0.951. The summed E-state index contributed by atoms with van der Waals surface area (Å²) >= 11 is 0. The van der Waals surface area contributed by atoms with E-state index in [1.807, 2.05) is 0 Å². The van der Waals surface area contributed by atoms with Crippen LogP contribution in [-0.2, 0) is 4.74 Å². The molecule has 2 heterocycles. The molecule has 0 aromatic carbocycles. The fourth-order valence-electron chi connectivity index (χ4n) is 2.37. The number of nitrogen functional groups attached to an aromatic ring is 1. The summed E-state index contributed by atoms with van der Waals surface area (Å²) in [6.45, 7) is 6.50. The molecular formula is C14H25N5O. The Kier molecular flexibility index (Phi) is 5.14. The summed E-state index contributed by atoms with van der Waals surface area (Å²) in [6.07, 6.45) is 1.01. The molecule has 2 N–H and O–H groups in total. The smallest absolute Gasteiger partial charge is 0.222 e. The molecule has 1 aliphatic heterocycles. The molecule has 0 amide bonds. The molecule has 2 rings (SSSR count). The van der Waals surface area contributed by atoms with Gasteiger partial charge in [-0.2, -0.15) is 4.98 Å². The molecule has 1 saturated heterocycles. The van der Waals surface area contributed by atoms with Crippen LogP contribution >= 0.6 is 0 Å². The van der Waals surface area contributed by atoms with Crippen molar-refractivity contribution < 1.29 is 4.74 Å². The van der Waals surface area contributed by atoms with Crippen LogP contribution in [0.25, 0.3) is 0 Å². The normalized spacial score (nSPS) is 18.7. The highest BCUT2D eigenvalue weighted by atomic mass is 16.5. The van der Waals surface area contributed by atoms with Crippen molar-refractivity contribution in [2.45, 2.75) is 19.3 Å². The van der Waals surface area contributed by atoms with Gasteiger partial charge in [0, 0.05) is 38.2 Å². The molecule has 0 aliphatic carbocycles. The van der Waals surface area contributed by atoms with Crippen LogP contribution in [0.3, 0.4) is 0 Å². The third-order valence-electron chi connectivity index (χ3n) is 3.62. The lowest BCUT2D eigenvalue weighted by molar-refractivity contribution is 0.193. The molecular weight excluding hydrogens is 254 g/mol. The van der Waals surface area contributed by atoms with Crippen LogP contribution in [0, 0.1) is 0 Å². The van der Waals surface area contributed by atoms with E-state index in [-0.39, 0.29) is 0 Å². The molecule has 0 unspecified atom stereocenters. The van der Waals surface area contributed by atoms with Gasteiger partial charge in [0.25, 0.3) is 0 Å². The Morgan fingerprint density at radius 3 is 2.75 bits per heavy atom. The second-order valence-electron chi connectivity index (χ2n) is 5.45. The Morgan fingerprint density at radius 2 is 2.15 bits per heavy atom. The van der Waals surface area contributed by atoms with Crippen LogP contribution in [-0.4, -0.2) is 61.8 Å². The highest BCUT2D eigenvalue weighted by Crippen LogP contribution is 2.26. The maximum atomic E-state index is 5.88. The van der Waals surface area contributed by atoms with E-state index in [2.05, 4.69) is 46.9 Å². The molecule has 0 radical (unpaired) electrons. The van der Waals surface area contributed by atoms with Gasteiger partial charge in [0.15, 0.2) is 0 Å². The minimum absolute atomic E-state index is 0.353. The van der Waals surface area contributed by atoms with Gasteiger partial charge in [-0.05, 0) is 27.4 Å². The molecule has 112 valence electrons. The summed E-state index contributed by atoms with van der Waals surface area (Å²) < 4.78 is 5.44. The zero-order chi connectivity index (χ0) is 14.5. The molecule has 1 fully saturated rings.